The zero-order chi connectivity index (χ0) is 13.7. The number of nitrogens with zero attached hydrogens (tertiary/aromatic N) is 3. The Labute approximate surface area is 113 Å². The molecule has 1 aromatic carbocycles. The number of nitrogens with one attached hydrogen (secondary N) is 1. The van der Waals surface area contributed by atoms with E-state index in [1.165, 1.54) is 0 Å². The van der Waals surface area contributed by atoms with Crippen LogP contribution in [0.2, 0.25) is 0 Å². The van der Waals surface area contributed by atoms with Crippen LogP contribution >= 0.6 is 0 Å². The SMILES string of the molecule is CCNc1cccc(N(C)c2ccccc2C#N)n1. The highest BCUT2D eigenvalue weighted by atomic mass is 15.2. The van der Waals surface area contributed by atoms with Crippen molar-refractivity contribution in [2.24, 2.45) is 0 Å². The average Bonchev–Trinajstić information content (AvgIpc) is 2.47. The normalized spacial score (nSPS) is 9.74. The maximum Gasteiger partial charge on any atom is 0.135 e. The number of hydrogen-bond donors (Lipinski definition) is 1. The Morgan fingerprint density at radius 3 is 2.74 bits per heavy atom. The molecule has 4 heteroatoms. The first-order valence-corrected chi connectivity index (χ1v) is 6.20. The fraction of sp³-hybridized carbons (Fsp3) is 0.200. The highest BCUT2D eigenvalue weighted by Crippen LogP contribution is 2.25. The lowest BCUT2D eigenvalue weighted by Gasteiger charge is -2.20. The molecule has 1 aromatic heterocycles. The molecule has 0 atom stereocenters. The van der Waals surface area contributed by atoms with Gasteiger partial charge in [-0.25, -0.2) is 4.98 Å². The van der Waals surface area contributed by atoms with Crippen LogP contribution < -0.4 is 10.2 Å². The standard InChI is InChI=1S/C15H16N4/c1-3-17-14-9-6-10-15(18-14)19(2)13-8-5-4-7-12(13)11-16/h4-10H,3H2,1-2H3,(H,17,18). The predicted molar refractivity (Wildman–Crippen MR) is 77.6 cm³/mol. The van der Waals surface area contributed by atoms with E-state index in [4.69, 9.17) is 5.26 Å². The summed E-state index contributed by atoms with van der Waals surface area (Å²) in [6, 6.07) is 15.5. The van der Waals surface area contributed by atoms with Gasteiger partial charge in [-0.05, 0) is 31.2 Å². The average molecular weight is 252 g/mol. The molecular weight excluding hydrogens is 236 g/mol. The van der Waals surface area contributed by atoms with Gasteiger partial charge in [0.2, 0.25) is 0 Å². The van der Waals surface area contributed by atoms with Crippen molar-refractivity contribution in [1.29, 1.82) is 5.26 Å². The second kappa shape index (κ2) is 5.87. The van der Waals surface area contributed by atoms with E-state index >= 15 is 0 Å². The summed E-state index contributed by atoms with van der Waals surface area (Å²) in [6.07, 6.45) is 0. The van der Waals surface area contributed by atoms with E-state index in [2.05, 4.69) is 16.4 Å². The molecule has 0 fully saturated rings. The lowest BCUT2D eigenvalue weighted by atomic mass is 10.2. The van der Waals surface area contributed by atoms with Gasteiger partial charge in [0.25, 0.3) is 0 Å². The molecule has 1 heterocycles. The van der Waals surface area contributed by atoms with Crippen molar-refractivity contribution in [2.75, 3.05) is 23.8 Å². The monoisotopic (exact) mass is 252 g/mol. The summed E-state index contributed by atoms with van der Waals surface area (Å²) in [7, 11) is 1.91. The lowest BCUT2D eigenvalue weighted by Crippen LogP contribution is -2.13. The first kappa shape index (κ1) is 12.9. The minimum absolute atomic E-state index is 0.639. The van der Waals surface area contributed by atoms with E-state index in [0.717, 1.165) is 23.9 Å². The second-order valence-corrected chi connectivity index (χ2v) is 4.10. The molecule has 0 unspecified atom stereocenters. The Morgan fingerprint density at radius 1 is 1.21 bits per heavy atom. The molecule has 4 nitrogen and oxygen atoms in total. The smallest absolute Gasteiger partial charge is 0.135 e. The number of para-hydroxylation sites is 1. The lowest BCUT2D eigenvalue weighted by molar-refractivity contribution is 1.10. The summed E-state index contributed by atoms with van der Waals surface area (Å²) < 4.78 is 0. The molecule has 0 aliphatic rings. The van der Waals surface area contributed by atoms with Gasteiger partial charge in [-0.2, -0.15) is 5.26 Å². The van der Waals surface area contributed by atoms with E-state index in [0.29, 0.717) is 5.56 Å². The third-order valence-corrected chi connectivity index (χ3v) is 2.82. The number of anilines is 3. The molecule has 19 heavy (non-hydrogen) atoms. The van der Waals surface area contributed by atoms with E-state index in [-0.39, 0.29) is 0 Å². The van der Waals surface area contributed by atoms with Crippen LogP contribution in [0.3, 0.4) is 0 Å². The maximum absolute atomic E-state index is 9.14. The van der Waals surface area contributed by atoms with Crippen LogP contribution in [0, 0.1) is 11.3 Å². The first-order valence-electron chi connectivity index (χ1n) is 6.20. The molecule has 0 saturated heterocycles. The minimum Gasteiger partial charge on any atom is -0.370 e. The van der Waals surface area contributed by atoms with Crippen molar-refractivity contribution in [2.45, 2.75) is 6.92 Å². The van der Waals surface area contributed by atoms with Gasteiger partial charge < -0.3 is 10.2 Å². The molecule has 2 rings (SSSR count). The summed E-state index contributed by atoms with van der Waals surface area (Å²) in [4.78, 5) is 6.44. The van der Waals surface area contributed by atoms with Crippen LogP contribution in [-0.2, 0) is 0 Å². The number of benzene rings is 1. The van der Waals surface area contributed by atoms with Crippen LogP contribution in [0.25, 0.3) is 0 Å². The van der Waals surface area contributed by atoms with Gasteiger partial charge in [0, 0.05) is 13.6 Å². The highest BCUT2D eigenvalue weighted by molar-refractivity contribution is 5.67. The molecule has 96 valence electrons. The van der Waals surface area contributed by atoms with Crippen molar-refractivity contribution in [1.82, 2.24) is 4.98 Å². The number of aromatic nitrogens is 1. The van der Waals surface area contributed by atoms with Gasteiger partial charge >= 0.3 is 0 Å². The third kappa shape index (κ3) is 2.83. The zero-order valence-corrected chi connectivity index (χ0v) is 11.1. The Hall–Kier alpha value is -2.54. The van der Waals surface area contributed by atoms with Crippen molar-refractivity contribution in [3.05, 3.63) is 48.0 Å². The molecule has 2 aromatic rings. The van der Waals surface area contributed by atoms with Crippen molar-refractivity contribution >= 4 is 17.3 Å². The molecule has 0 spiro atoms. The van der Waals surface area contributed by atoms with E-state index < -0.39 is 0 Å². The highest BCUT2D eigenvalue weighted by Gasteiger charge is 2.09. The fourth-order valence-electron chi connectivity index (χ4n) is 1.87. The quantitative estimate of drug-likeness (QED) is 0.908. The maximum atomic E-state index is 9.14. The van der Waals surface area contributed by atoms with Gasteiger partial charge in [0.1, 0.15) is 17.7 Å². The Morgan fingerprint density at radius 2 is 2.00 bits per heavy atom. The van der Waals surface area contributed by atoms with Crippen LogP contribution in [0.15, 0.2) is 42.5 Å². The molecule has 0 bridgehead atoms. The molecule has 1 N–H and O–H groups in total. The first-order chi connectivity index (χ1) is 9.26. The number of hydrogen-bond acceptors (Lipinski definition) is 4. The van der Waals surface area contributed by atoms with E-state index in [1.54, 1.807) is 6.07 Å². The zero-order valence-electron chi connectivity index (χ0n) is 11.1. The van der Waals surface area contributed by atoms with Crippen LogP contribution in [0.1, 0.15) is 12.5 Å². The van der Waals surface area contributed by atoms with Crippen molar-refractivity contribution < 1.29 is 0 Å². The summed E-state index contributed by atoms with van der Waals surface area (Å²) >= 11 is 0. The molecule has 0 aliphatic carbocycles. The predicted octanol–water partition coefficient (Wildman–Crippen LogP) is 3.15. The van der Waals surface area contributed by atoms with Gasteiger partial charge in [-0.1, -0.05) is 18.2 Å². The Kier molecular flexibility index (Phi) is 3.99. The number of pyridine rings is 1. The van der Waals surface area contributed by atoms with Gasteiger partial charge in [0.05, 0.1) is 11.3 Å². The van der Waals surface area contributed by atoms with Gasteiger partial charge in [-0.3, -0.25) is 0 Å². The summed E-state index contributed by atoms with van der Waals surface area (Å²) in [6.45, 7) is 2.86. The van der Waals surface area contributed by atoms with Gasteiger partial charge in [-0.15, -0.1) is 0 Å². The molecule has 0 saturated carbocycles. The van der Waals surface area contributed by atoms with Crippen LogP contribution in [0.4, 0.5) is 17.3 Å². The fourth-order valence-corrected chi connectivity index (χ4v) is 1.87. The van der Waals surface area contributed by atoms with E-state index in [9.17, 15) is 0 Å². The summed E-state index contributed by atoms with van der Waals surface area (Å²) in [5, 5.41) is 12.3. The summed E-state index contributed by atoms with van der Waals surface area (Å²) in [5.41, 5.74) is 1.49. The summed E-state index contributed by atoms with van der Waals surface area (Å²) in [5.74, 6) is 1.64. The Balaban J connectivity index is 2.36. The Bertz CT molecular complexity index is 601. The second-order valence-electron chi connectivity index (χ2n) is 4.10. The number of rotatable bonds is 4. The minimum atomic E-state index is 0.639. The molecule has 0 amide bonds. The molecule has 0 aliphatic heterocycles. The molecule has 0 radical (unpaired) electrons. The van der Waals surface area contributed by atoms with E-state index in [1.807, 2.05) is 55.3 Å². The van der Waals surface area contributed by atoms with Gasteiger partial charge in [0.15, 0.2) is 0 Å². The van der Waals surface area contributed by atoms with Crippen molar-refractivity contribution in [3.8, 4) is 6.07 Å². The largest absolute Gasteiger partial charge is 0.370 e. The van der Waals surface area contributed by atoms with Crippen LogP contribution in [-0.4, -0.2) is 18.6 Å². The number of nitriles is 1. The topological polar surface area (TPSA) is 52.0 Å². The molecular formula is C15H16N4. The van der Waals surface area contributed by atoms with Crippen LogP contribution in [0.5, 0.6) is 0 Å². The van der Waals surface area contributed by atoms with Crippen molar-refractivity contribution in [3.63, 3.8) is 0 Å². The third-order valence-electron chi connectivity index (χ3n) is 2.82.